The van der Waals surface area contributed by atoms with E-state index in [0.717, 1.165) is 133 Å². The molecule has 0 bridgehead atoms. The zero-order chi connectivity index (χ0) is 57.1. The average molecular weight is 1090 g/mol. The molecule has 4 nitrogen and oxygen atoms in total. The van der Waals surface area contributed by atoms with E-state index in [4.69, 9.17) is 15.0 Å². The molecule has 0 aliphatic rings. The Bertz CT molecular complexity index is 4560. The third-order valence-electron chi connectivity index (χ3n) is 16.1. The lowest BCUT2D eigenvalue weighted by molar-refractivity contribution is 1.07. The minimum atomic E-state index is 0.549. The second-order valence-electron chi connectivity index (χ2n) is 21.2. The summed E-state index contributed by atoms with van der Waals surface area (Å²) in [6.07, 6.45) is 5.60. The normalized spacial score (nSPS) is 11.5. The van der Waals surface area contributed by atoms with E-state index in [1.165, 1.54) is 0 Å². The molecule has 0 amide bonds. The summed E-state index contributed by atoms with van der Waals surface area (Å²) in [6, 6.07) is 106. The molecule has 0 aliphatic carbocycles. The Morgan fingerprint density at radius 1 is 0.282 bits per heavy atom. The average Bonchev–Trinajstić information content (AvgIpc) is 1.80. The van der Waals surface area contributed by atoms with Gasteiger partial charge in [0.05, 0.1) is 16.7 Å². The minimum absolute atomic E-state index is 0.549. The van der Waals surface area contributed by atoms with Crippen LogP contribution in [0.15, 0.2) is 329 Å². The maximum absolute atomic E-state index is 5.47. The molecule has 0 spiro atoms. The first-order valence-electron chi connectivity index (χ1n) is 28.7. The van der Waals surface area contributed by atoms with E-state index < -0.39 is 0 Å². The van der Waals surface area contributed by atoms with Crippen LogP contribution < -0.4 is 0 Å². The van der Waals surface area contributed by atoms with Crippen molar-refractivity contribution in [2.24, 2.45) is 0 Å². The molecule has 0 saturated heterocycles. The van der Waals surface area contributed by atoms with Crippen LogP contribution in [-0.2, 0) is 0 Å². The maximum Gasteiger partial charge on any atom is 0.164 e. The number of aromatic nitrogens is 4. The van der Waals surface area contributed by atoms with Crippen molar-refractivity contribution in [2.75, 3.05) is 0 Å². The Morgan fingerprint density at radius 3 is 0.929 bits per heavy atom. The van der Waals surface area contributed by atoms with Gasteiger partial charge in [-0.05, 0) is 114 Å². The van der Waals surface area contributed by atoms with Crippen molar-refractivity contribution in [1.82, 2.24) is 19.5 Å². The van der Waals surface area contributed by atoms with Gasteiger partial charge in [-0.2, -0.15) is 0 Å². The van der Waals surface area contributed by atoms with Crippen molar-refractivity contribution in [1.29, 1.82) is 0 Å². The quantitative estimate of drug-likeness (QED) is 0.102. The molecule has 14 rings (SSSR count). The summed E-state index contributed by atoms with van der Waals surface area (Å²) in [4.78, 5) is 16.2. The Balaban J connectivity index is 1.06. The molecule has 0 fully saturated rings. The molecule has 4 heteroatoms. The zero-order valence-corrected chi connectivity index (χ0v) is 46.7. The van der Waals surface area contributed by atoms with Gasteiger partial charge < -0.3 is 4.57 Å². The number of allylic oxidation sites excluding steroid dienone is 4. The van der Waals surface area contributed by atoms with Gasteiger partial charge in [0.1, 0.15) is 0 Å². The van der Waals surface area contributed by atoms with Gasteiger partial charge >= 0.3 is 0 Å². The molecular weight excluding hydrogens is 1030 g/mol. The van der Waals surface area contributed by atoms with E-state index in [1.54, 1.807) is 6.08 Å². The van der Waals surface area contributed by atoms with E-state index in [0.29, 0.717) is 17.5 Å². The smallest absolute Gasteiger partial charge is 0.164 e. The van der Waals surface area contributed by atoms with Gasteiger partial charge in [0, 0.05) is 38.6 Å². The van der Waals surface area contributed by atoms with Crippen molar-refractivity contribution in [3.05, 3.63) is 334 Å². The fourth-order valence-corrected chi connectivity index (χ4v) is 11.7. The van der Waals surface area contributed by atoms with E-state index in [2.05, 4.69) is 309 Å². The van der Waals surface area contributed by atoms with Crippen LogP contribution >= 0.6 is 0 Å². The summed E-state index contributed by atoms with van der Waals surface area (Å²) in [6.45, 7) is 8.02. The highest BCUT2D eigenvalue weighted by atomic mass is 15.0. The monoisotopic (exact) mass is 1080 g/mol. The van der Waals surface area contributed by atoms with Gasteiger partial charge in [-0.25, -0.2) is 15.0 Å². The molecule has 0 unspecified atom stereocenters. The second-order valence-corrected chi connectivity index (χ2v) is 21.2. The summed E-state index contributed by atoms with van der Waals surface area (Å²) in [5.74, 6) is 1.68. The Labute approximate surface area is 496 Å². The molecule has 400 valence electrons. The summed E-state index contributed by atoms with van der Waals surface area (Å²) in [5, 5.41) is 2.32. The summed E-state index contributed by atoms with van der Waals surface area (Å²) in [7, 11) is 0. The van der Waals surface area contributed by atoms with Gasteiger partial charge in [-0.1, -0.05) is 292 Å². The third kappa shape index (κ3) is 10.3. The first-order valence-corrected chi connectivity index (χ1v) is 28.7. The molecular formula is C81H56N4. The third-order valence-corrected chi connectivity index (χ3v) is 16.1. The maximum atomic E-state index is 5.47. The minimum Gasteiger partial charge on any atom is -0.308 e. The fraction of sp³-hybridized carbons (Fsp3) is 0. The van der Waals surface area contributed by atoms with Gasteiger partial charge in [0.25, 0.3) is 0 Å². The van der Waals surface area contributed by atoms with Crippen LogP contribution in [0.2, 0.25) is 0 Å². The molecule has 0 aliphatic heterocycles. The lowest BCUT2D eigenvalue weighted by Gasteiger charge is -2.21. The summed E-state index contributed by atoms with van der Waals surface area (Å²) >= 11 is 0. The molecule has 0 atom stereocenters. The predicted octanol–water partition coefficient (Wildman–Crippen LogP) is 21.4. The standard InChI is InChI=1S/C81H56N4/c1-3-20-55(4-2)61-35-43-67(44-36-61)79-82-80(68-45-37-64(38-46-68)58-25-14-7-15-26-58)84-81(83-79)71-53-72(65-39-31-62(32-40-65)56-21-10-5-11-22-56)78(73(54-71)66-41-33-63(34-42-66)57-23-12-6-13-24-57)85-76-49-47-69(59-27-16-8-17-28-59)51-74(76)75-52-70(48-50-77(75)85)60-29-18-9-19-30-60/h3-54H,1-2H2/b55-20+. The first-order chi connectivity index (χ1) is 42.0. The highest BCUT2D eigenvalue weighted by Crippen LogP contribution is 2.46. The molecule has 0 N–H and O–H groups in total. The number of benzene rings is 12. The van der Waals surface area contributed by atoms with Gasteiger partial charge in [-0.3, -0.25) is 0 Å². The van der Waals surface area contributed by atoms with Crippen molar-refractivity contribution in [2.45, 2.75) is 0 Å². The molecule has 2 heterocycles. The first kappa shape index (κ1) is 51.8. The van der Waals surface area contributed by atoms with E-state index in [1.807, 2.05) is 18.2 Å². The zero-order valence-electron chi connectivity index (χ0n) is 46.7. The molecule has 14 aromatic rings. The van der Waals surface area contributed by atoms with Crippen LogP contribution in [-0.4, -0.2) is 19.5 Å². The molecule has 0 saturated carbocycles. The lowest BCUT2D eigenvalue weighted by Crippen LogP contribution is -2.04. The van der Waals surface area contributed by atoms with Crippen LogP contribution in [0, 0.1) is 0 Å². The fourth-order valence-electron chi connectivity index (χ4n) is 11.7. The van der Waals surface area contributed by atoms with Crippen molar-refractivity contribution in [3.8, 4) is 118 Å². The topological polar surface area (TPSA) is 43.6 Å². The van der Waals surface area contributed by atoms with E-state index in [9.17, 15) is 0 Å². The van der Waals surface area contributed by atoms with Crippen molar-refractivity contribution >= 4 is 27.4 Å². The van der Waals surface area contributed by atoms with E-state index >= 15 is 0 Å². The number of rotatable bonds is 14. The lowest BCUT2D eigenvalue weighted by atomic mass is 9.91. The van der Waals surface area contributed by atoms with Crippen molar-refractivity contribution in [3.63, 3.8) is 0 Å². The second kappa shape index (κ2) is 22.9. The van der Waals surface area contributed by atoms with Crippen LogP contribution in [0.3, 0.4) is 0 Å². The number of hydrogen-bond acceptors (Lipinski definition) is 3. The number of nitrogens with zero attached hydrogens (tertiary/aromatic N) is 4. The SMILES string of the molecule is C=C/C=C(\C=C)c1ccc(-c2nc(-c3ccc(-c4ccccc4)cc3)nc(-c3cc(-c4ccc(-c5ccccc5)cc4)c(-n4c5ccc(-c6ccccc6)cc5c5cc(-c6ccccc6)ccc54)c(-c4ccc(-c5ccccc5)cc4)c3)n2)cc1. The van der Waals surface area contributed by atoms with Gasteiger partial charge in [0.2, 0.25) is 0 Å². The summed E-state index contributed by atoms with van der Waals surface area (Å²) in [5.41, 5.74) is 23.4. The molecule has 2 aromatic heterocycles. The Kier molecular flexibility index (Phi) is 14.0. The highest BCUT2D eigenvalue weighted by molar-refractivity contribution is 6.13. The van der Waals surface area contributed by atoms with Gasteiger partial charge in [-0.15, -0.1) is 0 Å². The van der Waals surface area contributed by atoms with Crippen LogP contribution in [0.25, 0.3) is 145 Å². The van der Waals surface area contributed by atoms with Crippen LogP contribution in [0.4, 0.5) is 0 Å². The van der Waals surface area contributed by atoms with E-state index in [-0.39, 0.29) is 0 Å². The van der Waals surface area contributed by atoms with Gasteiger partial charge in [0.15, 0.2) is 17.5 Å². The molecule has 12 aromatic carbocycles. The Morgan fingerprint density at radius 2 is 0.576 bits per heavy atom. The predicted molar refractivity (Wildman–Crippen MR) is 357 cm³/mol. The van der Waals surface area contributed by atoms with Crippen molar-refractivity contribution < 1.29 is 0 Å². The highest BCUT2D eigenvalue weighted by Gasteiger charge is 2.25. The largest absolute Gasteiger partial charge is 0.308 e. The number of fused-ring (bicyclic) bond motifs is 3. The van der Waals surface area contributed by atoms with Crippen LogP contribution in [0.1, 0.15) is 5.56 Å². The number of hydrogen-bond donors (Lipinski definition) is 0. The van der Waals surface area contributed by atoms with Crippen LogP contribution in [0.5, 0.6) is 0 Å². The Hall–Kier alpha value is -11.3. The molecule has 85 heavy (non-hydrogen) atoms. The summed E-state index contributed by atoms with van der Waals surface area (Å²) < 4.78 is 2.50. The molecule has 0 radical (unpaired) electrons.